The summed E-state index contributed by atoms with van der Waals surface area (Å²) < 4.78 is 7.79. The van der Waals surface area contributed by atoms with E-state index in [1.165, 1.54) is 12.8 Å². The van der Waals surface area contributed by atoms with Crippen LogP contribution in [0, 0.1) is 0 Å². The average molecular weight is 277 g/mol. The maximum atomic E-state index is 5.85. The zero-order valence-corrected chi connectivity index (χ0v) is 12.0. The standard InChI is InChI=1S/C14H23N5O/c1-15-14(16-6-2-8-19-9-3-7-17-19)18-12-10-11-4-5-13(12)20-11/h3,7,9,11-13H,2,4-6,8,10H2,1H3,(H2,15,16,18). The molecule has 0 saturated carbocycles. The Morgan fingerprint density at radius 3 is 3.10 bits per heavy atom. The number of aromatic nitrogens is 2. The topological polar surface area (TPSA) is 63.5 Å². The first-order valence-electron chi connectivity index (χ1n) is 7.45. The van der Waals surface area contributed by atoms with Gasteiger partial charge in [0.2, 0.25) is 0 Å². The van der Waals surface area contributed by atoms with Crippen LogP contribution >= 0.6 is 0 Å². The predicted molar refractivity (Wildman–Crippen MR) is 77.6 cm³/mol. The summed E-state index contributed by atoms with van der Waals surface area (Å²) >= 11 is 0. The van der Waals surface area contributed by atoms with E-state index < -0.39 is 0 Å². The number of rotatable bonds is 5. The minimum atomic E-state index is 0.377. The number of nitrogens with zero attached hydrogens (tertiary/aromatic N) is 3. The summed E-state index contributed by atoms with van der Waals surface area (Å²) in [6.45, 7) is 1.81. The summed E-state index contributed by atoms with van der Waals surface area (Å²) in [4.78, 5) is 4.29. The molecule has 2 aliphatic rings. The summed E-state index contributed by atoms with van der Waals surface area (Å²) in [5, 5.41) is 11.0. The number of aliphatic imine (C=N–C) groups is 1. The van der Waals surface area contributed by atoms with Gasteiger partial charge >= 0.3 is 0 Å². The highest BCUT2D eigenvalue weighted by molar-refractivity contribution is 5.80. The van der Waals surface area contributed by atoms with Crippen LogP contribution in [0.3, 0.4) is 0 Å². The fourth-order valence-corrected chi connectivity index (χ4v) is 3.04. The largest absolute Gasteiger partial charge is 0.373 e. The van der Waals surface area contributed by atoms with E-state index in [1.807, 2.05) is 30.2 Å². The average Bonchev–Trinajstić information content (AvgIpc) is 3.19. The molecule has 0 radical (unpaired) electrons. The van der Waals surface area contributed by atoms with Gasteiger partial charge in [0.1, 0.15) is 0 Å². The van der Waals surface area contributed by atoms with Gasteiger partial charge in [0.25, 0.3) is 0 Å². The Balaban J connectivity index is 1.37. The SMILES string of the molecule is CN=C(NCCCn1cccn1)NC1CC2CCC1O2. The van der Waals surface area contributed by atoms with Crippen molar-refractivity contribution < 1.29 is 4.74 Å². The van der Waals surface area contributed by atoms with Crippen LogP contribution in [0.5, 0.6) is 0 Å². The lowest BCUT2D eigenvalue weighted by atomic mass is 9.96. The number of hydrogen-bond acceptors (Lipinski definition) is 3. The van der Waals surface area contributed by atoms with Crippen LogP contribution in [0.15, 0.2) is 23.5 Å². The summed E-state index contributed by atoms with van der Waals surface area (Å²) in [6, 6.07) is 2.37. The fraction of sp³-hybridized carbons (Fsp3) is 0.714. The molecule has 6 nitrogen and oxygen atoms in total. The summed E-state index contributed by atoms with van der Waals surface area (Å²) in [5.41, 5.74) is 0. The number of ether oxygens (including phenoxy) is 1. The number of aryl methyl sites for hydroxylation is 1. The first kappa shape index (κ1) is 13.4. The molecule has 0 amide bonds. The molecule has 3 heterocycles. The van der Waals surface area contributed by atoms with Crippen molar-refractivity contribution in [3.05, 3.63) is 18.5 Å². The molecule has 0 spiro atoms. The first-order valence-corrected chi connectivity index (χ1v) is 7.45. The predicted octanol–water partition coefficient (Wildman–Crippen LogP) is 0.758. The molecule has 2 fully saturated rings. The molecule has 0 aliphatic carbocycles. The van der Waals surface area contributed by atoms with E-state index in [1.54, 1.807) is 0 Å². The lowest BCUT2D eigenvalue weighted by molar-refractivity contribution is 0.0992. The second-order valence-electron chi connectivity index (χ2n) is 5.48. The molecule has 2 N–H and O–H groups in total. The summed E-state index contributed by atoms with van der Waals surface area (Å²) in [5.74, 6) is 0.881. The zero-order chi connectivity index (χ0) is 13.8. The third kappa shape index (κ3) is 3.12. The van der Waals surface area contributed by atoms with E-state index in [-0.39, 0.29) is 0 Å². The lowest BCUT2D eigenvalue weighted by Crippen LogP contribution is -2.47. The van der Waals surface area contributed by atoms with Gasteiger partial charge in [-0.15, -0.1) is 0 Å². The Morgan fingerprint density at radius 1 is 1.50 bits per heavy atom. The monoisotopic (exact) mass is 277 g/mol. The molecule has 6 heteroatoms. The molecule has 0 aromatic carbocycles. The molecule has 20 heavy (non-hydrogen) atoms. The van der Waals surface area contributed by atoms with Crippen LogP contribution in [0.25, 0.3) is 0 Å². The van der Waals surface area contributed by atoms with Crippen molar-refractivity contribution in [3.63, 3.8) is 0 Å². The van der Waals surface area contributed by atoms with E-state index in [0.29, 0.717) is 18.2 Å². The maximum Gasteiger partial charge on any atom is 0.191 e. The van der Waals surface area contributed by atoms with E-state index in [9.17, 15) is 0 Å². The van der Waals surface area contributed by atoms with Gasteiger partial charge in [0.15, 0.2) is 5.96 Å². The summed E-state index contributed by atoms with van der Waals surface area (Å²) in [6.07, 6.45) is 9.17. The van der Waals surface area contributed by atoms with E-state index in [0.717, 1.165) is 31.9 Å². The molecule has 1 aromatic rings. The molecule has 1 aromatic heterocycles. The molecular formula is C14H23N5O. The Bertz CT molecular complexity index is 444. The fourth-order valence-electron chi connectivity index (χ4n) is 3.04. The third-order valence-electron chi connectivity index (χ3n) is 4.07. The maximum absolute atomic E-state index is 5.85. The molecule has 3 unspecified atom stereocenters. The van der Waals surface area contributed by atoms with Crippen molar-refractivity contribution in [2.45, 2.75) is 50.5 Å². The van der Waals surface area contributed by atoms with Crippen LogP contribution < -0.4 is 10.6 Å². The van der Waals surface area contributed by atoms with Crippen molar-refractivity contribution in [2.75, 3.05) is 13.6 Å². The van der Waals surface area contributed by atoms with Gasteiger partial charge in [-0.1, -0.05) is 0 Å². The van der Waals surface area contributed by atoms with Crippen molar-refractivity contribution in [3.8, 4) is 0 Å². The third-order valence-corrected chi connectivity index (χ3v) is 4.07. The smallest absolute Gasteiger partial charge is 0.191 e. The quantitative estimate of drug-likeness (QED) is 0.474. The van der Waals surface area contributed by atoms with Gasteiger partial charge < -0.3 is 15.4 Å². The van der Waals surface area contributed by atoms with Gasteiger partial charge in [-0.25, -0.2) is 0 Å². The molecular weight excluding hydrogens is 254 g/mol. The van der Waals surface area contributed by atoms with Crippen LogP contribution in [-0.2, 0) is 11.3 Å². The van der Waals surface area contributed by atoms with Crippen molar-refractivity contribution in [1.29, 1.82) is 0 Å². The Morgan fingerprint density at radius 2 is 2.45 bits per heavy atom. The second kappa shape index (κ2) is 6.26. The Kier molecular flexibility index (Phi) is 4.20. The van der Waals surface area contributed by atoms with Gasteiger partial charge in [0, 0.05) is 32.5 Å². The molecule has 2 saturated heterocycles. The molecule has 3 atom stereocenters. The van der Waals surface area contributed by atoms with E-state index in [4.69, 9.17) is 4.74 Å². The highest BCUT2D eigenvalue weighted by Crippen LogP contribution is 2.34. The van der Waals surface area contributed by atoms with Crippen LogP contribution in [0.2, 0.25) is 0 Å². The number of fused-ring (bicyclic) bond motifs is 2. The van der Waals surface area contributed by atoms with Gasteiger partial charge in [-0.3, -0.25) is 9.67 Å². The Labute approximate surface area is 119 Å². The van der Waals surface area contributed by atoms with Crippen LogP contribution in [-0.4, -0.2) is 47.6 Å². The van der Waals surface area contributed by atoms with Crippen molar-refractivity contribution in [2.24, 2.45) is 4.99 Å². The summed E-state index contributed by atoms with van der Waals surface area (Å²) in [7, 11) is 1.82. The normalized spacial score (nSPS) is 28.9. The van der Waals surface area contributed by atoms with E-state index >= 15 is 0 Å². The number of nitrogens with one attached hydrogen (secondary N) is 2. The zero-order valence-electron chi connectivity index (χ0n) is 12.0. The van der Waals surface area contributed by atoms with E-state index in [2.05, 4.69) is 20.7 Å². The van der Waals surface area contributed by atoms with Crippen molar-refractivity contribution in [1.82, 2.24) is 20.4 Å². The van der Waals surface area contributed by atoms with Crippen LogP contribution in [0.1, 0.15) is 25.7 Å². The molecule has 110 valence electrons. The number of hydrogen-bond donors (Lipinski definition) is 2. The molecule has 3 rings (SSSR count). The van der Waals surface area contributed by atoms with Gasteiger partial charge in [-0.05, 0) is 31.7 Å². The van der Waals surface area contributed by atoms with Crippen LogP contribution in [0.4, 0.5) is 0 Å². The van der Waals surface area contributed by atoms with Crippen molar-refractivity contribution >= 4 is 5.96 Å². The highest BCUT2D eigenvalue weighted by Gasteiger charge is 2.40. The first-order chi connectivity index (χ1) is 9.85. The van der Waals surface area contributed by atoms with Gasteiger partial charge in [-0.2, -0.15) is 5.10 Å². The molecule has 2 bridgehead atoms. The minimum Gasteiger partial charge on any atom is -0.373 e. The minimum absolute atomic E-state index is 0.377. The lowest BCUT2D eigenvalue weighted by Gasteiger charge is -2.22. The number of guanidine groups is 1. The highest BCUT2D eigenvalue weighted by atomic mass is 16.5. The second-order valence-corrected chi connectivity index (χ2v) is 5.48. The van der Waals surface area contributed by atoms with Gasteiger partial charge in [0.05, 0.1) is 18.2 Å². The molecule has 2 aliphatic heterocycles. The Hall–Kier alpha value is -1.56.